The lowest BCUT2D eigenvalue weighted by Crippen LogP contribution is -2.04. The molecule has 8 nitrogen and oxygen atoms in total. The van der Waals surface area contributed by atoms with Crippen molar-refractivity contribution in [3.8, 4) is 45.8 Å². The minimum Gasteiger partial charge on any atom is -0.507 e. The van der Waals surface area contributed by atoms with Crippen molar-refractivity contribution in [2.45, 2.75) is 0 Å². The maximum absolute atomic E-state index is 12.4. The smallest absolute Gasteiger partial charge is 0.239 e. The molecule has 0 radical (unpaired) electrons. The molecular weight excluding hydrogens is 320 g/mol. The number of methoxy groups -OCH3 is 1. The van der Waals surface area contributed by atoms with Crippen LogP contribution in [-0.4, -0.2) is 32.6 Å². The van der Waals surface area contributed by atoms with Crippen LogP contribution in [0, 0.1) is 0 Å². The molecule has 0 aliphatic carbocycles. The van der Waals surface area contributed by atoms with E-state index in [0.29, 0.717) is 0 Å². The van der Waals surface area contributed by atoms with Crippen molar-refractivity contribution in [1.29, 1.82) is 0 Å². The van der Waals surface area contributed by atoms with Gasteiger partial charge in [-0.2, -0.15) is 0 Å². The molecular formula is C16H12O8. The molecule has 3 aromatic rings. The molecule has 0 aliphatic heterocycles. The summed E-state index contributed by atoms with van der Waals surface area (Å²) in [6.45, 7) is 0. The fraction of sp³-hybridized carbons (Fsp3) is 0.0625. The fourth-order valence-electron chi connectivity index (χ4n) is 2.39. The Morgan fingerprint density at radius 1 is 0.917 bits per heavy atom. The number of para-hydroxylation sites is 1. The van der Waals surface area contributed by atoms with Gasteiger partial charge in [0, 0.05) is 0 Å². The van der Waals surface area contributed by atoms with Crippen molar-refractivity contribution >= 4 is 11.0 Å². The molecule has 5 N–H and O–H groups in total. The van der Waals surface area contributed by atoms with E-state index in [2.05, 4.69) is 0 Å². The number of fused-ring (bicyclic) bond motifs is 1. The average Bonchev–Trinajstić information content (AvgIpc) is 2.56. The topological polar surface area (TPSA) is 141 Å². The van der Waals surface area contributed by atoms with E-state index >= 15 is 0 Å². The van der Waals surface area contributed by atoms with E-state index in [1.165, 1.54) is 24.3 Å². The van der Waals surface area contributed by atoms with Gasteiger partial charge in [0.05, 0.1) is 12.7 Å². The summed E-state index contributed by atoms with van der Waals surface area (Å²) in [5, 5.41) is 49.3. The fourth-order valence-corrected chi connectivity index (χ4v) is 2.39. The van der Waals surface area contributed by atoms with Crippen LogP contribution in [0.3, 0.4) is 0 Å². The lowest BCUT2D eigenvalue weighted by Gasteiger charge is -2.12. The Kier molecular flexibility index (Phi) is 3.37. The SMILES string of the molecule is COc1c(O)c(O)c2oc(-c3ccccc3O)c(O)c(=O)c2c1O. The first kappa shape index (κ1) is 15.3. The van der Waals surface area contributed by atoms with Crippen LogP contribution in [0.25, 0.3) is 22.3 Å². The lowest BCUT2D eigenvalue weighted by atomic mass is 10.1. The third kappa shape index (κ3) is 1.97. The molecule has 0 saturated heterocycles. The van der Waals surface area contributed by atoms with Crippen LogP contribution in [0.2, 0.25) is 0 Å². The Hall–Kier alpha value is -3.55. The minimum atomic E-state index is -1.07. The highest BCUT2D eigenvalue weighted by Gasteiger charge is 2.27. The van der Waals surface area contributed by atoms with E-state index in [-0.39, 0.29) is 11.3 Å². The van der Waals surface area contributed by atoms with Gasteiger partial charge in [-0.15, -0.1) is 0 Å². The highest BCUT2D eigenvalue weighted by molar-refractivity contribution is 5.96. The second-order valence-electron chi connectivity index (χ2n) is 4.91. The molecule has 24 heavy (non-hydrogen) atoms. The minimum absolute atomic E-state index is 0.0109. The zero-order valence-corrected chi connectivity index (χ0v) is 12.3. The number of aromatic hydroxyl groups is 5. The molecule has 0 aliphatic rings. The number of hydrogen-bond donors (Lipinski definition) is 5. The van der Waals surface area contributed by atoms with E-state index in [9.17, 15) is 30.3 Å². The molecule has 3 rings (SSSR count). The first-order chi connectivity index (χ1) is 11.4. The monoisotopic (exact) mass is 332 g/mol. The number of benzene rings is 2. The predicted molar refractivity (Wildman–Crippen MR) is 82.8 cm³/mol. The molecule has 1 heterocycles. The van der Waals surface area contributed by atoms with Crippen molar-refractivity contribution < 1.29 is 34.7 Å². The number of ether oxygens (including phenoxy) is 1. The van der Waals surface area contributed by atoms with Crippen LogP contribution >= 0.6 is 0 Å². The van der Waals surface area contributed by atoms with E-state index in [1.54, 1.807) is 0 Å². The summed E-state index contributed by atoms with van der Waals surface area (Å²) in [6.07, 6.45) is 0. The predicted octanol–water partition coefficient (Wildman–Crippen LogP) is 2.00. The van der Waals surface area contributed by atoms with Gasteiger partial charge in [-0.25, -0.2) is 0 Å². The maximum Gasteiger partial charge on any atom is 0.239 e. The molecule has 0 saturated carbocycles. The van der Waals surface area contributed by atoms with Crippen molar-refractivity contribution in [2.75, 3.05) is 7.11 Å². The summed E-state index contributed by atoms with van der Waals surface area (Å²) in [6, 6.07) is 5.73. The van der Waals surface area contributed by atoms with E-state index in [0.717, 1.165) is 7.11 Å². The molecule has 124 valence electrons. The number of rotatable bonds is 2. The summed E-state index contributed by atoms with van der Waals surface area (Å²) < 4.78 is 10.0. The van der Waals surface area contributed by atoms with Gasteiger partial charge >= 0.3 is 0 Å². The van der Waals surface area contributed by atoms with Gasteiger partial charge in [-0.1, -0.05) is 12.1 Å². The van der Waals surface area contributed by atoms with Gasteiger partial charge in [-0.3, -0.25) is 4.79 Å². The van der Waals surface area contributed by atoms with Crippen molar-refractivity contribution in [3.63, 3.8) is 0 Å². The van der Waals surface area contributed by atoms with Gasteiger partial charge in [0.2, 0.25) is 28.4 Å². The first-order valence-electron chi connectivity index (χ1n) is 6.67. The zero-order chi connectivity index (χ0) is 17.6. The maximum atomic E-state index is 12.4. The Bertz CT molecular complexity index is 1020. The molecule has 1 aromatic heterocycles. The second kappa shape index (κ2) is 5.27. The summed E-state index contributed by atoms with van der Waals surface area (Å²) in [5.74, 6) is -4.61. The standard InChI is InChI=1S/C16H12O8/c1-23-16-10(19)8-9(18)11(20)14(6-4-2-3-5-7(6)17)24-15(8)12(21)13(16)22/h2-5,17,19-22H,1H3. The van der Waals surface area contributed by atoms with Gasteiger partial charge in [0.1, 0.15) is 11.1 Å². The van der Waals surface area contributed by atoms with Crippen molar-refractivity contribution in [1.82, 2.24) is 0 Å². The number of phenolic OH excluding ortho intramolecular Hbond substituents is 4. The molecule has 0 atom stereocenters. The van der Waals surface area contributed by atoms with E-state index < -0.39 is 50.9 Å². The normalized spacial score (nSPS) is 10.9. The third-order valence-electron chi connectivity index (χ3n) is 3.55. The molecule has 0 amide bonds. The Morgan fingerprint density at radius 3 is 2.21 bits per heavy atom. The molecule has 0 spiro atoms. The molecule has 0 fully saturated rings. The van der Waals surface area contributed by atoms with E-state index in [4.69, 9.17) is 9.15 Å². The zero-order valence-electron chi connectivity index (χ0n) is 12.3. The van der Waals surface area contributed by atoms with Crippen molar-refractivity contribution in [3.05, 3.63) is 34.5 Å². The molecule has 2 aromatic carbocycles. The Labute approximate surface area is 134 Å². The van der Waals surface area contributed by atoms with Crippen LogP contribution in [0.1, 0.15) is 0 Å². The molecule has 0 unspecified atom stereocenters. The van der Waals surface area contributed by atoms with Gasteiger partial charge < -0.3 is 34.7 Å². The largest absolute Gasteiger partial charge is 0.507 e. The summed E-state index contributed by atoms with van der Waals surface area (Å²) >= 11 is 0. The van der Waals surface area contributed by atoms with Crippen LogP contribution in [0.15, 0.2) is 33.5 Å². The van der Waals surface area contributed by atoms with Crippen LogP contribution < -0.4 is 10.2 Å². The summed E-state index contributed by atoms with van der Waals surface area (Å²) in [5.41, 5.74) is -1.64. The lowest BCUT2D eigenvalue weighted by molar-refractivity contribution is 0.329. The molecule has 0 bridgehead atoms. The van der Waals surface area contributed by atoms with Crippen LogP contribution in [-0.2, 0) is 0 Å². The highest BCUT2D eigenvalue weighted by Crippen LogP contribution is 2.50. The van der Waals surface area contributed by atoms with Gasteiger partial charge in [0.25, 0.3) is 0 Å². The van der Waals surface area contributed by atoms with Gasteiger partial charge in [-0.05, 0) is 12.1 Å². The number of phenols is 4. The quantitative estimate of drug-likeness (QED) is 0.354. The van der Waals surface area contributed by atoms with Crippen molar-refractivity contribution in [2.24, 2.45) is 0 Å². The number of hydrogen-bond acceptors (Lipinski definition) is 8. The second-order valence-corrected chi connectivity index (χ2v) is 4.91. The molecule has 8 heteroatoms. The average molecular weight is 332 g/mol. The highest BCUT2D eigenvalue weighted by atomic mass is 16.5. The summed E-state index contributed by atoms with van der Waals surface area (Å²) in [4.78, 5) is 12.4. The Morgan fingerprint density at radius 2 is 1.58 bits per heavy atom. The van der Waals surface area contributed by atoms with Crippen LogP contribution in [0.4, 0.5) is 0 Å². The first-order valence-corrected chi connectivity index (χ1v) is 6.67. The van der Waals surface area contributed by atoms with E-state index in [1.807, 2.05) is 0 Å². The third-order valence-corrected chi connectivity index (χ3v) is 3.55. The summed E-state index contributed by atoms with van der Waals surface area (Å²) in [7, 11) is 1.11. The van der Waals surface area contributed by atoms with Crippen LogP contribution in [0.5, 0.6) is 34.5 Å². The van der Waals surface area contributed by atoms with Gasteiger partial charge in [0.15, 0.2) is 17.1 Å². The Balaban J connectivity index is 2.51.